The van der Waals surface area contributed by atoms with Gasteiger partial charge in [-0.3, -0.25) is 0 Å². The van der Waals surface area contributed by atoms with Gasteiger partial charge in [-0.15, -0.1) is 0 Å². The molecule has 2 saturated carbocycles. The van der Waals surface area contributed by atoms with Gasteiger partial charge in [0, 0.05) is 63.4 Å². The van der Waals surface area contributed by atoms with Crippen LogP contribution < -0.4 is 35.8 Å². The molecular weight excluding hydrogens is 609 g/mol. The maximum atomic E-state index is 6.67. The minimum absolute atomic E-state index is 0.0309. The molecule has 4 nitrogen and oxygen atoms in total. The van der Waals surface area contributed by atoms with Crippen LogP contribution in [0.25, 0.3) is 0 Å². The zero-order valence-corrected chi connectivity index (χ0v) is 29.5. The largest absolute Gasteiger partial charge is 0.457 e. The Kier molecular flexibility index (Phi) is 5.95. The Balaban J connectivity index is 1.22. The van der Waals surface area contributed by atoms with Gasteiger partial charge in [-0.25, -0.2) is 0 Å². The van der Waals surface area contributed by atoms with Crippen molar-refractivity contribution < 1.29 is 4.74 Å². The maximum Gasteiger partial charge on any atom is 0.252 e. The Morgan fingerprint density at radius 3 is 2.22 bits per heavy atom. The zero-order valence-electron chi connectivity index (χ0n) is 29.5. The standard InChI is InChI=1S/C45H44BN3O/c1-29-24-40-42-41(25-29)49-43-36(44(2)22-7-8-23-45(44,49)3)18-11-19-38(43)46(42)37-21-20-33-28-39(37)48(40)32-15-10-17-35(27-32)50-34-16-9-14-31(26-34)47(33)30-12-5-4-6-13-30/h9-11,14-21,24-28,30H,4-8,12-13,22-23H2,1-3H3/t44-,45?/m1/s1. The van der Waals surface area contributed by atoms with Gasteiger partial charge in [0.25, 0.3) is 6.71 Å². The number of hydrogen-bond donors (Lipinski definition) is 0. The molecule has 1 unspecified atom stereocenters. The lowest BCUT2D eigenvalue weighted by molar-refractivity contribution is 0.195. The van der Waals surface area contributed by atoms with Crippen LogP contribution in [0, 0.1) is 6.92 Å². The average Bonchev–Trinajstić information content (AvgIpc) is 3.34. The smallest absolute Gasteiger partial charge is 0.252 e. The summed E-state index contributed by atoms with van der Waals surface area (Å²) in [5, 5.41) is 0. The van der Waals surface area contributed by atoms with Crippen molar-refractivity contribution in [1.82, 2.24) is 0 Å². The lowest BCUT2D eigenvalue weighted by Gasteiger charge is -2.53. The van der Waals surface area contributed by atoms with E-state index in [1.165, 1.54) is 114 Å². The SMILES string of the molecule is Cc1cc2c3c(c1)N1c4c(cccc4[C@@]4(C)CCCCC14C)B3c1ccc3cc1N2c1cccc(c1)Oc1cccc(c1)N3C1CCCCC1. The van der Waals surface area contributed by atoms with Crippen molar-refractivity contribution in [2.45, 2.75) is 95.6 Å². The zero-order chi connectivity index (χ0) is 33.4. The molecule has 2 atom stereocenters. The van der Waals surface area contributed by atoms with Crippen LogP contribution in [0.1, 0.15) is 82.8 Å². The first kappa shape index (κ1) is 29.1. The van der Waals surface area contributed by atoms with E-state index in [2.05, 4.69) is 133 Å². The fraction of sp³-hybridized carbons (Fsp3) is 0.333. The van der Waals surface area contributed by atoms with E-state index in [9.17, 15) is 0 Å². The molecule has 5 aromatic carbocycles. The summed E-state index contributed by atoms with van der Waals surface area (Å²) in [6.45, 7) is 7.60. The number of aryl methyl sites for hydroxylation is 1. The minimum atomic E-state index is 0.0309. The van der Waals surface area contributed by atoms with Crippen molar-refractivity contribution in [2.24, 2.45) is 0 Å². The molecule has 0 radical (unpaired) electrons. The molecule has 4 heterocycles. The predicted octanol–water partition coefficient (Wildman–Crippen LogP) is 9.93. The van der Waals surface area contributed by atoms with Gasteiger partial charge in [0.2, 0.25) is 0 Å². The van der Waals surface area contributed by atoms with Crippen molar-refractivity contribution >= 4 is 62.9 Å². The second-order valence-electron chi connectivity index (χ2n) is 16.4. The molecule has 0 saturated heterocycles. The van der Waals surface area contributed by atoms with Crippen molar-refractivity contribution in [3.8, 4) is 11.5 Å². The Morgan fingerprint density at radius 1 is 0.660 bits per heavy atom. The molecular formula is C45H44BN3O. The first-order valence-corrected chi connectivity index (χ1v) is 19.1. The number of nitrogens with zero attached hydrogens (tertiary/aromatic N) is 3. The van der Waals surface area contributed by atoms with Crippen LogP contribution in [0.4, 0.5) is 39.8 Å². The number of ether oxygens (including phenoxy) is 1. The number of anilines is 7. The highest BCUT2D eigenvalue weighted by atomic mass is 16.5. The van der Waals surface area contributed by atoms with E-state index in [0.29, 0.717) is 6.04 Å². The van der Waals surface area contributed by atoms with Crippen LogP contribution in [-0.4, -0.2) is 18.3 Å². The molecule has 2 aliphatic carbocycles. The van der Waals surface area contributed by atoms with Crippen molar-refractivity contribution in [3.05, 3.63) is 108 Å². The maximum absolute atomic E-state index is 6.67. The van der Waals surface area contributed by atoms with E-state index in [-0.39, 0.29) is 17.7 Å². The van der Waals surface area contributed by atoms with E-state index in [4.69, 9.17) is 4.74 Å². The summed E-state index contributed by atoms with van der Waals surface area (Å²) in [5.41, 5.74) is 16.4. The van der Waals surface area contributed by atoms with Gasteiger partial charge < -0.3 is 19.4 Å². The molecule has 2 fully saturated rings. The second-order valence-corrected chi connectivity index (χ2v) is 16.4. The molecule has 6 bridgehead atoms. The monoisotopic (exact) mass is 653 g/mol. The lowest BCUT2D eigenvalue weighted by atomic mass is 9.33. The Labute approximate surface area is 296 Å². The summed E-state index contributed by atoms with van der Waals surface area (Å²) in [4.78, 5) is 8.02. The van der Waals surface area contributed by atoms with Crippen LogP contribution >= 0.6 is 0 Å². The molecule has 6 aliphatic rings. The molecule has 0 N–H and O–H groups in total. The lowest BCUT2D eigenvalue weighted by Crippen LogP contribution is -2.64. The van der Waals surface area contributed by atoms with Gasteiger partial charge >= 0.3 is 0 Å². The topological polar surface area (TPSA) is 19.0 Å². The summed E-state index contributed by atoms with van der Waals surface area (Å²) in [7, 11) is 0. The van der Waals surface area contributed by atoms with E-state index in [1.807, 2.05) is 0 Å². The van der Waals surface area contributed by atoms with E-state index >= 15 is 0 Å². The molecule has 0 aromatic heterocycles. The summed E-state index contributed by atoms with van der Waals surface area (Å²) in [6.07, 6.45) is 11.4. The molecule has 0 amide bonds. The average molecular weight is 654 g/mol. The van der Waals surface area contributed by atoms with Crippen molar-refractivity contribution in [2.75, 3.05) is 14.7 Å². The number of benzene rings is 5. The predicted molar refractivity (Wildman–Crippen MR) is 209 cm³/mol. The van der Waals surface area contributed by atoms with E-state index in [0.717, 1.165) is 17.2 Å². The normalized spacial score (nSPS) is 24.1. The molecule has 0 spiro atoms. The molecule has 5 heteroatoms. The highest BCUT2D eigenvalue weighted by molar-refractivity contribution is 7.00. The third kappa shape index (κ3) is 3.73. The molecule has 50 heavy (non-hydrogen) atoms. The fourth-order valence-corrected chi connectivity index (χ4v) is 11.3. The van der Waals surface area contributed by atoms with Crippen LogP contribution in [-0.2, 0) is 5.41 Å². The first-order valence-electron chi connectivity index (χ1n) is 19.1. The number of rotatable bonds is 1. The summed E-state index contributed by atoms with van der Waals surface area (Å²) in [6, 6.07) is 37.7. The van der Waals surface area contributed by atoms with Gasteiger partial charge in [-0.05, 0) is 116 Å². The third-order valence-electron chi connectivity index (χ3n) is 13.7. The van der Waals surface area contributed by atoms with Crippen molar-refractivity contribution in [1.29, 1.82) is 0 Å². The number of para-hydroxylation sites is 1. The summed E-state index contributed by atoms with van der Waals surface area (Å²) < 4.78 is 6.67. The summed E-state index contributed by atoms with van der Waals surface area (Å²) >= 11 is 0. The second kappa shape index (κ2) is 10.2. The first-order chi connectivity index (χ1) is 24.4. The van der Waals surface area contributed by atoms with Gasteiger partial charge in [0.15, 0.2) is 0 Å². The van der Waals surface area contributed by atoms with Gasteiger partial charge in [0.1, 0.15) is 11.5 Å². The van der Waals surface area contributed by atoms with Gasteiger partial charge in [-0.1, -0.05) is 75.4 Å². The van der Waals surface area contributed by atoms with Crippen LogP contribution in [0.5, 0.6) is 11.5 Å². The highest BCUT2D eigenvalue weighted by Gasteiger charge is 2.61. The quantitative estimate of drug-likeness (QED) is 0.165. The number of fused-ring (bicyclic) bond motifs is 13. The Morgan fingerprint density at radius 2 is 1.38 bits per heavy atom. The molecule has 11 rings (SSSR count). The van der Waals surface area contributed by atoms with E-state index < -0.39 is 0 Å². The third-order valence-corrected chi connectivity index (χ3v) is 13.7. The summed E-state index contributed by atoms with van der Waals surface area (Å²) in [5.74, 6) is 1.75. The molecule has 5 aromatic rings. The van der Waals surface area contributed by atoms with E-state index in [1.54, 1.807) is 5.56 Å². The van der Waals surface area contributed by atoms with Crippen LogP contribution in [0.2, 0.25) is 0 Å². The van der Waals surface area contributed by atoms with Gasteiger partial charge in [-0.2, -0.15) is 0 Å². The molecule has 4 aliphatic heterocycles. The minimum Gasteiger partial charge on any atom is -0.457 e. The highest BCUT2D eigenvalue weighted by Crippen LogP contribution is 2.61. The fourth-order valence-electron chi connectivity index (χ4n) is 11.3. The number of hydrogen-bond acceptors (Lipinski definition) is 4. The Hall–Kier alpha value is -4.64. The van der Waals surface area contributed by atoms with Gasteiger partial charge in [0.05, 0.1) is 5.54 Å². The van der Waals surface area contributed by atoms with Crippen LogP contribution in [0.15, 0.2) is 97.1 Å². The molecule has 248 valence electrons. The van der Waals surface area contributed by atoms with Crippen molar-refractivity contribution in [3.63, 3.8) is 0 Å². The van der Waals surface area contributed by atoms with Crippen LogP contribution in [0.3, 0.4) is 0 Å². The Bertz CT molecular complexity index is 2240.